The van der Waals surface area contributed by atoms with E-state index in [1.165, 1.54) is 12.1 Å². The first kappa shape index (κ1) is 12.5. The lowest BCUT2D eigenvalue weighted by molar-refractivity contribution is -0.385. The van der Waals surface area contributed by atoms with E-state index in [1.807, 2.05) is 17.7 Å². The summed E-state index contributed by atoms with van der Waals surface area (Å²) in [7, 11) is 0. The predicted molar refractivity (Wildman–Crippen MR) is 66.6 cm³/mol. The molecule has 0 aliphatic heterocycles. The molecule has 0 saturated heterocycles. The summed E-state index contributed by atoms with van der Waals surface area (Å²) in [6.07, 6.45) is 3.97. The van der Waals surface area contributed by atoms with Crippen LogP contribution in [0.2, 0.25) is 5.15 Å². The van der Waals surface area contributed by atoms with E-state index < -0.39 is 4.92 Å². The van der Waals surface area contributed by atoms with Crippen LogP contribution in [0.1, 0.15) is 18.4 Å². The van der Waals surface area contributed by atoms with Gasteiger partial charge in [0.25, 0.3) is 5.69 Å². The van der Waals surface area contributed by atoms with Gasteiger partial charge >= 0.3 is 0 Å². The van der Waals surface area contributed by atoms with E-state index >= 15 is 0 Å². The zero-order chi connectivity index (χ0) is 13.1. The summed E-state index contributed by atoms with van der Waals surface area (Å²) >= 11 is 5.77. The Morgan fingerprint density at radius 2 is 2.28 bits per heavy atom. The number of imidazole rings is 1. The Kier molecular flexibility index (Phi) is 3.57. The van der Waals surface area contributed by atoms with Gasteiger partial charge in [0, 0.05) is 31.4 Å². The van der Waals surface area contributed by atoms with Crippen molar-refractivity contribution < 1.29 is 4.92 Å². The molecule has 94 valence electrons. The summed E-state index contributed by atoms with van der Waals surface area (Å²) in [5, 5.41) is 10.8. The molecule has 0 amide bonds. The van der Waals surface area contributed by atoms with Crippen molar-refractivity contribution in [1.29, 1.82) is 0 Å². The number of pyridine rings is 1. The molecule has 0 N–H and O–H groups in total. The molecule has 0 fully saturated rings. The smallest absolute Gasteiger partial charge is 0.274 e. The highest BCUT2D eigenvalue weighted by molar-refractivity contribution is 6.29. The van der Waals surface area contributed by atoms with Crippen molar-refractivity contribution >= 4 is 17.3 Å². The Hall–Kier alpha value is -1.95. The quantitative estimate of drug-likeness (QED) is 0.484. The molecule has 0 unspecified atom stereocenters. The Bertz CT molecular complexity index is 582. The topological polar surface area (TPSA) is 73.8 Å². The summed E-state index contributed by atoms with van der Waals surface area (Å²) in [5.74, 6) is 0.807. The van der Waals surface area contributed by atoms with E-state index in [0.29, 0.717) is 12.1 Å². The number of rotatable bonds is 4. The summed E-state index contributed by atoms with van der Waals surface area (Å²) < 4.78 is 1.95. The maximum Gasteiger partial charge on any atom is 0.274 e. The van der Waals surface area contributed by atoms with Crippen molar-refractivity contribution in [3.8, 4) is 0 Å². The van der Waals surface area contributed by atoms with Gasteiger partial charge in [0.15, 0.2) is 0 Å². The third-order valence-corrected chi connectivity index (χ3v) is 2.72. The Labute approximate surface area is 108 Å². The standard InChI is InChI=1S/C11H11ClN4O2/c1-2-15-4-3-13-11(15)6-8-5-9(16(17)18)7-10(12)14-8/h3-5,7H,2,6H2,1H3. The van der Waals surface area contributed by atoms with E-state index in [9.17, 15) is 10.1 Å². The number of nitrogens with zero attached hydrogens (tertiary/aromatic N) is 4. The lowest BCUT2D eigenvalue weighted by Gasteiger charge is -2.04. The monoisotopic (exact) mass is 266 g/mol. The number of halogens is 1. The van der Waals surface area contributed by atoms with E-state index in [4.69, 9.17) is 11.6 Å². The fourth-order valence-electron chi connectivity index (χ4n) is 1.69. The average Bonchev–Trinajstić information content (AvgIpc) is 2.75. The van der Waals surface area contributed by atoms with Crippen molar-refractivity contribution in [3.05, 3.63) is 51.3 Å². The molecule has 0 spiro atoms. The first-order valence-electron chi connectivity index (χ1n) is 5.41. The molecule has 6 nitrogen and oxygen atoms in total. The van der Waals surface area contributed by atoms with Crippen molar-refractivity contribution in [2.24, 2.45) is 0 Å². The molecule has 0 radical (unpaired) electrons. The minimum absolute atomic E-state index is 0.0559. The number of aromatic nitrogens is 3. The van der Waals surface area contributed by atoms with Crippen molar-refractivity contribution in [2.45, 2.75) is 19.9 Å². The average molecular weight is 267 g/mol. The van der Waals surface area contributed by atoms with E-state index in [0.717, 1.165) is 12.4 Å². The lowest BCUT2D eigenvalue weighted by atomic mass is 10.2. The second-order valence-corrected chi connectivity index (χ2v) is 4.09. The first-order chi connectivity index (χ1) is 8.60. The molecular formula is C11H11ClN4O2. The van der Waals surface area contributed by atoms with Gasteiger partial charge in [-0.3, -0.25) is 10.1 Å². The van der Waals surface area contributed by atoms with Crippen LogP contribution in [-0.4, -0.2) is 19.5 Å². The van der Waals surface area contributed by atoms with Crippen LogP contribution in [0.25, 0.3) is 0 Å². The third-order valence-electron chi connectivity index (χ3n) is 2.52. The number of hydrogen-bond donors (Lipinski definition) is 0. The molecule has 0 saturated carbocycles. The van der Waals surface area contributed by atoms with Crippen LogP contribution in [0.3, 0.4) is 0 Å². The van der Waals surface area contributed by atoms with Gasteiger partial charge < -0.3 is 4.57 Å². The molecule has 0 atom stereocenters. The van der Waals surface area contributed by atoms with E-state index in [-0.39, 0.29) is 10.8 Å². The molecule has 2 aromatic heterocycles. The van der Waals surface area contributed by atoms with Crippen molar-refractivity contribution in [3.63, 3.8) is 0 Å². The van der Waals surface area contributed by atoms with Crippen molar-refractivity contribution in [2.75, 3.05) is 0 Å². The summed E-state index contributed by atoms with van der Waals surface area (Å²) in [6, 6.07) is 2.65. The van der Waals surface area contributed by atoms with Gasteiger partial charge in [0.05, 0.1) is 16.7 Å². The molecule has 2 aromatic rings. The van der Waals surface area contributed by atoms with Crippen LogP contribution in [-0.2, 0) is 13.0 Å². The molecule has 2 heterocycles. The highest BCUT2D eigenvalue weighted by Crippen LogP contribution is 2.19. The van der Waals surface area contributed by atoms with E-state index in [1.54, 1.807) is 6.20 Å². The van der Waals surface area contributed by atoms with Crippen LogP contribution in [0, 0.1) is 10.1 Å². The molecule has 0 aliphatic rings. The summed E-state index contributed by atoms with van der Waals surface area (Å²) in [6.45, 7) is 2.79. The highest BCUT2D eigenvalue weighted by Gasteiger charge is 2.12. The maximum atomic E-state index is 10.7. The molecule has 7 heteroatoms. The van der Waals surface area contributed by atoms with Gasteiger partial charge in [-0.1, -0.05) is 11.6 Å². The minimum Gasteiger partial charge on any atom is -0.335 e. The second-order valence-electron chi connectivity index (χ2n) is 3.70. The molecule has 2 rings (SSSR count). The van der Waals surface area contributed by atoms with Crippen LogP contribution in [0.15, 0.2) is 24.5 Å². The largest absolute Gasteiger partial charge is 0.335 e. The Morgan fingerprint density at radius 3 is 2.94 bits per heavy atom. The lowest BCUT2D eigenvalue weighted by Crippen LogP contribution is -2.04. The SMILES string of the molecule is CCn1ccnc1Cc1cc([N+](=O)[O-])cc(Cl)n1. The predicted octanol–water partition coefficient (Wildman–Crippen LogP) is 2.45. The molecule has 0 bridgehead atoms. The van der Waals surface area contributed by atoms with Gasteiger partial charge in [0.1, 0.15) is 11.0 Å². The summed E-state index contributed by atoms with van der Waals surface area (Å²) in [4.78, 5) is 18.5. The fourth-order valence-corrected chi connectivity index (χ4v) is 1.91. The second kappa shape index (κ2) is 5.14. The zero-order valence-corrected chi connectivity index (χ0v) is 10.5. The first-order valence-corrected chi connectivity index (χ1v) is 5.79. The van der Waals surface area contributed by atoms with Gasteiger partial charge in [-0.05, 0) is 6.92 Å². The highest BCUT2D eigenvalue weighted by atomic mass is 35.5. The van der Waals surface area contributed by atoms with Crippen LogP contribution < -0.4 is 0 Å². The van der Waals surface area contributed by atoms with Gasteiger partial charge in [-0.15, -0.1) is 0 Å². The third kappa shape index (κ3) is 2.65. The zero-order valence-electron chi connectivity index (χ0n) is 9.71. The minimum atomic E-state index is -0.483. The summed E-state index contributed by atoms with van der Waals surface area (Å²) in [5.41, 5.74) is 0.481. The fraction of sp³-hybridized carbons (Fsp3) is 0.273. The molecular weight excluding hydrogens is 256 g/mol. The van der Waals surface area contributed by atoms with Crippen molar-refractivity contribution in [1.82, 2.24) is 14.5 Å². The Balaban J connectivity index is 2.32. The van der Waals surface area contributed by atoms with Gasteiger partial charge in [-0.25, -0.2) is 9.97 Å². The van der Waals surface area contributed by atoms with Crippen LogP contribution in [0.4, 0.5) is 5.69 Å². The molecule has 18 heavy (non-hydrogen) atoms. The molecule has 0 aromatic carbocycles. The normalized spacial score (nSPS) is 10.6. The number of hydrogen-bond acceptors (Lipinski definition) is 4. The Morgan fingerprint density at radius 1 is 1.50 bits per heavy atom. The molecule has 0 aliphatic carbocycles. The van der Waals surface area contributed by atoms with Crippen LogP contribution >= 0.6 is 11.6 Å². The van der Waals surface area contributed by atoms with Gasteiger partial charge in [-0.2, -0.15) is 0 Å². The number of nitro groups is 1. The maximum absolute atomic E-state index is 10.7. The van der Waals surface area contributed by atoms with Gasteiger partial charge in [0.2, 0.25) is 0 Å². The number of aryl methyl sites for hydroxylation is 1. The van der Waals surface area contributed by atoms with Crippen LogP contribution in [0.5, 0.6) is 0 Å². The van der Waals surface area contributed by atoms with E-state index in [2.05, 4.69) is 9.97 Å².